The number of benzene rings is 2. The Morgan fingerprint density at radius 1 is 1.10 bits per heavy atom. The summed E-state index contributed by atoms with van der Waals surface area (Å²) in [6.45, 7) is 5.90. The van der Waals surface area contributed by atoms with Gasteiger partial charge in [-0.15, -0.1) is 0 Å². The van der Waals surface area contributed by atoms with Crippen molar-refractivity contribution in [3.8, 4) is 5.75 Å². The summed E-state index contributed by atoms with van der Waals surface area (Å²) in [6, 6.07) is 9.39. The Balaban J connectivity index is 2.29. The number of hydrogen-bond donors (Lipinski definition) is 1. The molecule has 21 heavy (non-hydrogen) atoms. The maximum atomic E-state index is 12.3. The van der Waals surface area contributed by atoms with Gasteiger partial charge in [-0.2, -0.15) is 0 Å². The first-order valence-electron chi connectivity index (χ1n) is 6.65. The second kappa shape index (κ2) is 6.31. The number of methoxy groups -OCH3 is 1. The van der Waals surface area contributed by atoms with E-state index >= 15 is 0 Å². The highest BCUT2D eigenvalue weighted by molar-refractivity contribution is 9.10. The van der Waals surface area contributed by atoms with E-state index in [2.05, 4.69) is 21.2 Å². The third kappa shape index (κ3) is 3.27. The van der Waals surface area contributed by atoms with Crippen LogP contribution in [0.4, 0.5) is 5.69 Å². The lowest BCUT2D eigenvalue weighted by atomic mass is 10.1. The lowest BCUT2D eigenvalue weighted by Gasteiger charge is -2.14. The van der Waals surface area contributed by atoms with Crippen molar-refractivity contribution < 1.29 is 9.53 Å². The number of rotatable bonds is 3. The van der Waals surface area contributed by atoms with Crippen LogP contribution in [0.15, 0.2) is 34.8 Å². The lowest BCUT2D eigenvalue weighted by molar-refractivity contribution is 0.102. The van der Waals surface area contributed by atoms with Gasteiger partial charge in [-0.3, -0.25) is 4.79 Å². The van der Waals surface area contributed by atoms with E-state index in [0.29, 0.717) is 5.56 Å². The molecule has 110 valence electrons. The van der Waals surface area contributed by atoms with Gasteiger partial charge in [0, 0.05) is 21.3 Å². The monoisotopic (exact) mass is 347 g/mol. The molecule has 2 aromatic rings. The third-order valence-electron chi connectivity index (χ3n) is 3.49. The Kier molecular flexibility index (Phi) is 4.68. The fourth-order valence-corrected chi connectivity index (χ4v) is 2.58. The molecule has 0 aromatic heterocycles. The van der Waals surface area contributed by atoms with Crippen molar-refractivity contribution >= 4 is 27.5 Å². The highest BCUT2D eigenvalue weighted by Gasteiger charge is 2.12. The molecule has 0 fully saturated rings. The van der Waals surface area contributed by atoms with E-state index in [1.165, 1.54) is 0 Å². The maximum absolute atomic E-state index is 12.3. The summed E-state index contributed by atoms with van der Waals surface area (Å²) in [5.74, 6) is 0.669. The summed E-state index contributed by atoms with van der Waals surface area (Å²) < 4.78 is 6.30. The molecule has 2 rings (SSSR count). The van der Waals surface area contributed by atoms with Gasteiger partial charge in [0.25, 0.3) is 5.91 Å². The summed E-state index contributed by atoms with van der Waals surface area (Å²) in [6.07, 6.45) is 0. The van der Waals surface area contributed by atoms with Crippen LogP contribution in [0.3, 0.4) is 0 Å². The molecule has 0 bridgehead atoms. The van der Waals surface area contributed by atoms with Crippen molar-refractivity contribution in [3.63, 3.8) is 0 Å². The SMILES string of the molecule is COc1c(C)ccc(NC(=O)c2ccc(C)c(Br)c2)c1C. The van der Waals surface area contributed by atoms with Crippen LogP contribution in [-0.4, -0.2) is 13.0 Å². The number of nitrogens with one attached hydrogen (secondary N) is 1. The zero-order chi connectivity index (χ0) is 15.6. The minimum absolute atomic E-state index is 0.135. The van der Waals surface area contributed by atoms with Gasteiger partial charge in [-0.05, 0) is 50.1 Å². The topological polar surface area (TPSA) is 38.3 Å². The summed E-state index contributed by atoms with van der Waals surface area (Å²) in [5, 5.41) is 2.94. The number of hydrogen-bond acceptors (Lipinski definition) is 2. The highest BCUT2D eigenvalue weighted by atomic mass is 79.9. The number of carbonyl (C=O) groups excluding carboxylic acids is 1. The van der Waals surface area contributed by atoms with Crippen LogP contribution in [0, 0.1) is 20.8 Å². The van der Waals surface area contributed by atoms with Gasteiger partial charge in [0.1, 0.15) is 5.75 Å². The average molecular weight is 348 g/mol. The second-order valence-corrected chi connectivity index (χ2v) is 5.86. The molecule has 2 aromatic carbocycles. The molecule has 1 N–H and O–H groups in total. The van der Waals surface area contributed by atoms with Gasteiger partial charge < -0.3 is 10.1 Å². The van der Waals surface area contributed by atoms with Crippen molar-refractivity contribution in [1.82, 2.24) is 0 Å². The third-order valence-corrected chi connectivity index (χ3v) is 4.34. The average Bonchev–Trinajstić information content (AvgIpc) is 2.45. The second-order valence-electron chi connectivity index (χ2n) is 5.01. The number of anilines is 1. The molecule has 0 saturated carbocycles. The van der Waals surface area contributed by atoms with E-state index in [1.807, 2.05) is 51.1 Å². The summed E-state index contributed by atoms with van der Waals surface area (Å²) >= 11 is 3.45. The first kappa shape index (κ1) is 15.6. The minimum atomic E-state index is -0.135. The molecule has 4 heteroatoms. The minimum Gasteiger partial charge on any atom is -0.496 e. The van der Waals surface area contributed by atoms with Gasteiger partial charge in [0.2, 0.25) is 0 Å². The Bertz CT molecular complexity index is 695. The van der Waals surface area contributed by atoms with Crippen LogP contribution >= 0.6 is 15.9 Å². The number of ether oxygens (including phenoxy) is 1. The molecule has 0 aliphatic rings. The van der Waals surface area contributed by atoms with Gasteiger partial charge in [0.05, 0.1) is 7.11 Å². The first-order valence-corrected chi connectivity index (χ1v) is 7.45. The van der Waals surface area contributed by atoms with Gasteiger partial charge >= 0.3 is 0 Å². The molecular weight excluding hydrogens is 330 g/mol. The van der Waals surface area contributed by atoms with Crippen LogP contribution in [0.25, 0.3) is 0 Å². The predicted molar refractivity (Wildman–Crippen MR) is 89.3 cm³/mol. The maximum Gasteiger partial charge on any atom is 0.255 e. The van der Waals surface area contributed by atoms with E-state index in [0.717, 1.165) is 32.6 Å². The molecule has 1 amide bonds. The van der Waals surface area contributed by atoms with E-state index < -0.39 is 0 Å². The van der Waals surface area contributed by atoms with E-state index in [4.69, 9.17) is 4.74 Å². The Morgan fingerprint density at radius 2 is 1.76 bits per heavy atom. The number of amides is 1. The standard InChI is InChI=1S/C17H18BrNO2/c1-10-5-7-13(9-14(10)18)17(20)19-15-8-6-11(2)16(21-4)12(15)3/h5-9H,1-4H3,(H,19,20). The van der Waals surface area contributed by atoms with Gasteiger partial charge in [0.15, 0.2) is 0 Å². The van der Waals surface area contributed by atoms with Crippen LogP contribution in [-0.2, 0) is 0 Å². The normalized spacial score (nSPS) is 10.3. The van der Waals surface area contributed by atoms with E-state index in [-0.39, 0.29) is 5.91 Å². The molecule has 0 radical (unpaired) electrons. The Labute approximate surface area is 133 Å². The van der Waals surface area contributed by atoms with Crippen molar-refractivity contribution in [3.05, 3.63) is 57.1 Å². The smallest absolute Gasteiger partial charge is 0.255 e. The number of halogens is 1. The van der Waals surface area contributed by atoms with Crippen LogP contribution in [0.2, 0.25) is 0 Å². The molecule has 0 aliphatic heterocycles. The molecule has 3 nitrogen and oxygen atoms in total. The zero-order valence-corrected chi connectivity index (χ0v) is 14.2. The summed E-state index contributed by atoms with van der Waals surface area (Å²) in [5.41, 5.74) is 4.45. The van der Waals surface area contributed by atoms with Crippen molar-refractivity contribution in [1.29, 1.82) is 0 Å². The molecule has 0 heterocycles. The number of aryl methyl sites for hydroxylation is 2. The predicted octanol–water partition coefficient (Wildman–Crippen LogP) is 4.64. The molecule has 0 unspecified atom stereocenters. The van der Waals surface area contributed by atoms with Crippen LogP contribution in [0.1, 0.15) is 27.0 Å². The van der Waals surface area contributed by atoms with Gasteiger partial charge in [-0.1, -0.05) is 28.1 Å². The van der Waals surface area contributed by atoms with E-state index in [1.54, 1.807) is 7.11 Å². The highest BCUT2D eigenvalue weighted by Crippen LogP contribution is 2.29. The summed E-state index contributed by atoms with van der Waals surface area (Å²) in [7, 11) is 1.64. The molecule has 0 aliphatic carbocycles. The van der Waals surface area contributed by atoms with Crippen LogP contribution < -0.4 is 10.1 Å². The quantitative estimate of drug-likeness (QED) is 0.878. The van der Waals surface area contributed by atoms with Crippen molar-refractivity contribution in [2.24, 2.45) is 0 Å². The Hall–Kier alpha value is -1.81. The Morgan fingerprint density at radius 3 is 2.38 bits per heavy atom. The zero-order valence-electron chi connectivity index (χ0n) is 12.6. The fourth-order valence-electron chi connectivity index (χ4n) is 2.21. The van der Waals surface area contributed by atoms with Crippen molar-refractivity contribution in [2.75, 3.05) is 12.4 Å². The summed E-state index contributed by atoms with van der Waals surface area (Å²) in [4.78, 5) is 12.3. The largest absolute Gasteiger partial charge is 0.496 e. The van der Waals surface area contributed by atoms with Crippen molar-refractivity contribution in [2.45, 2.75) is 20.8 Å². The van der Waals surface area contributed by atoms with Gasteiger partial charge in [-0.25, -0.2) is 0 Å². The first-order chi connectivity index (χ1) is 9.93. The molecule has 0 atom stereocenters. The number of carbonyl (C=O) groups is 1. The van der Waals surface area contributed by atoms with Crippen LogP contribution in [0.5, 0.6) is 5.75 Å². The fraction of sp³-hybridized carbons (Fsp3) is 0.235. The lowest BCUT2D eigenvalue weighted by Crippen LogP contribution is -2.13. The molecule has 0 spiro atoms. The van der Waals surface area contributed by atoms with E-state index in [9.17, 15) is 4.79 Å². The molecular formula is C17H18BrNO2. The molecule has 0 saturated heterocycles.